The summed E-state index contributed by atoms with van der Waals surface area (Å²) in [5, 5.41) is 13.7. The van der Waals surface area contributed by atoms with Gasteiger partial charge in [-0.05, 0) is 18.4 Å². The maximum absolute atomic E-state index is 10.9. The van der Waals surface area contributed by atoms with Crippen molar-refractivity contribution in [2.24, 2.45) is 0 Å². The summed E-state index contributed by atoms with van der Waals surface area (Å²) in [6.07, 6.45) is 3.57. The lowest BCUT2D eigenvalue weighted by molar-refractivity contribution is -0.384. The molecule has 8 heteroatoms. The molecule has 0 heterocycles. The molecule has 0 aliphatic rings. The Kier molecular flexibility index (Phi) is 8.48. The standard InChI is InChI=1S/C13H18N2O3S3/c1-21(18)9-3-2-8-14-13(19)20-10-11-4-6-12(7-5-11)15(16)17/h4-7H,2-3,8-10H2,1H3,(H,14,19). The smallest absolute Gasteiger partial charge is 0.269 e. The SMILES string of the molecule is CS(=O)CCCCNC(=S)SCc1ccc([N+](=O)[O-])cc1. The van der Waals surface area contributed by atoms with E-state index >= 15 is 0 Å². The second kappa shape index (κ2) is 9.86. The van der Waals surface area contributed by atoms with E-state index in [9.17, 15) is 14.3 Å². The first-order valence-electron chi connectivity index (χ1n) is 6.43. The molecule has 0 spiro atoms. The minimum absolute atomic E-state index is 0.0952. The molecule has 0 radical (unpaired) electrons. The van der Waals surface area contributed by atoms with Gasteiger partial charge in [-0.15, -0.1) is 0 Å². The van der Waals surface area contributed by atoms with Crippen LogP contribution in [0.5, 0.6) is 0 Å². The lowest BCUT2D eigenvalue weighted by Crippen LogP contribution is -2.20. The van der Waals surface area contributed by atoms with Crippen molar-refractivity contribution in [3.05, 3.63) is 39.9 Å². The van der Waals surface area contributed by atoms with E-state index in [0.717, 1.165) is 30.7 Å². The summed E-state index contributed by atoms with van der Waals surface area (Å²) in [5.41, 5.74) is 1.09. The number of nitro groups is 1. The van der Waals surface area contributed by atoms with Gasteiger partial charge in [-0.2, -0.15) is 0 Å². The highest BCUT2D eigenvalue weighted by Gasteiger charge is 2.04. The highest BCUT2D eigenvalue weighted by molar-refractivity contribution is 8.22. The van der Waals surface area contributed by atoms with Gasteiger partial charge < -0.3 is 5.32 Å². The maximum atomic E-state index is 10.9. The summed E-state index contributed by atoms with van der Waals surface area (Å²) in [6, 6.07) is 6.48. The molecule has 0 aliphatic heterocycles. The first-order chi connectivity index (χ1) is 9.99. The second-order valence-electron chi connectivity index (χ2n) is 4.41. The monoisotopic (exact) mass is 346 g/mol. The van der Waals surface area contributed by atoms with Gasteiger partial charge in [0.05, 0.1) is 4.92 Å². The van der Waals surface area contributed by atoms with Crippen molar-refractivity contribution >= 4 is 44.8 Å². The molecule has 0 fully saturated rings. The first kappa shape index (κ1) is 18.1. The largest absolute Gasteiger partial charge is 0.371 e. The van der Waals surface area contributed by atoms with E-state index in [0.29, 0.717) is 10.1 Å². The minimum atomic E-state index is -0.727. The number of hydrogen-bond acceptors (Lipinski definition) is 5. The zero-order chi connectivity index (χ0) is 15.7. The predicted molar refractivity (Wildman–Crippen MR) is 93.2 cm³/mol. The third-order valence-electron chi connectivity index (χ3n) is 2.64. The van der Waals surface area contributed by atoms with Crippen LogP contribution in [0.2, 0.25) is 0 Å². The highest BCUT2D eigenvalue weighted by Crippen LogP contribution is 2.17. The van der Waals surface area contributed by atoms with Crippen LogP contribution in [0.3, 0.4) is 0 Å². The number of nitrogens with one attached hydrogen (secondary N) is 1. The topological polar surface area (TPSA) is 72.2 Å². The Morgan fingerprint density at radius 3 is 2.62 bits per heavy atom. The van der Waals surface area contributed by atoms with E-state index in [1.807, 2.05) is 0 Å². The van der Waals surface area contributed by atoms with Gasteiger partial charge in [-0.1, -0.05) is 36.1 Å². The van der Waals surface area contributed by atoms with Crippen LogP contribution in [0.15, 0.2) is 24.3 Å². The average Bonchev–Trinajstić information content (AvgIpc) is 2.44. The van der Waals surface area contributed by atoms with Gasteiger partial charge in [0.15, 0.2) is 0 Å². The highest BCUT2D eigenvalue weighted by atomic mass is 32.2. The average molecular weight is 346 g/mol. The van der Waals surface area contributed by atoms with E-state index in [-0.39, 0.29) is 5.69 Å². The molecule has 1 N–H and O–H groups in total. The molecule has 0 bridgehead atoms. The van der Waals surface area contributed by atoms with E-state index < -0.39 is 15.7 Å². The Balaban J connectivity index is 2.20. The van der Waals surface area contributed by atoms with E-state index in [2.05, 4.69) is 5.32 Å². The van der Waals surface area contributed by atoms with Gasteiger partial charge in [0.2, 0.25) is 0 Å². The normalized spacial score (nSPS) is 11.9. The number of thioether (sulfide) groups is 1. The fraction of sp³-hybridized carbons (Fsp3) is 0.462. The quantitative estimate of drug-likeness (QED) is 0.338. The Morgan fingerprint density at radius 2 is 2.05 bits per heavy atom. The van der Waals surface area contributed by atoms with Crippen molar-refractivity contribution in [3.63, 3.8) is 0 Å². The molecule has 1 aromatic carbocycles. The van der Waals surface area contributed by atoms with E-state index in [1.165, 1.54) is 23.9 Å². The molecule has 21 heavy (non-hydrogen) atoms. The Hall–Kier alpha value is -0.990. The van der Waals surface area contributed by atoms with Crippen LogP contribution in [0, 0.1) is 10.1 Å². The van der Waals surface area contributed by atoms with E-state index in [4.69, 9.17) is 12.2 Å². The predicted octanol–water partition coefficient (Wildman–Crippen LogP) is 2.86. The van der Waals surface area contributed by atoms with Gasteiger partial charge >= 0.3 is 0 Å². The summed E-state index contributed by atoms with van der Waals surface area (Å²) in [6.45, 7) is 0.781. The Bertz CT molecular complexity index is 506. The van der Waals surface area contributed by atoms with Crippen molar-refractivity contribution in [2.75, 3.05) is 18.6 Å². The van der Waals surface area contributed by atoms with Gasteiger partial charge in [0, 0.05) is 47.2 Å². The lowest BCUT2D eigenvalue weighted by atomic mass is 10.2. The molecule has 1 unspecified atom stereocenters. The number of benzene rings is 1. The molecule has 116 valence electrons. The molecular formula is C13H18N2O3S3. The number of nitrogens with zero attached hydrogens (tertiary/aromatic N) is 1. The van der Waals surface area contributed by atoms with Crippen LogP contribution in [0.4, 0.5) is 5.69 Å². The van der Waals surface area contributed by atoms with E-state index in [1.54, 1.807) is 18.4 Å². The summed E-state index contributed by atoms with van der Waals surface area (Å²) >= 11 is 6.70. The van der Waals surface area contributed by atoms with Crippen LogP contribution < -0.4 is 5.32 Å². The van der Waals surface area contributed by atoms with Crippen molar-refractivity contribution in [1.29, 1.82) is 0 Å². The van der Waals surface area contributed by atoms with Crippen LogP contribution in [-0.4, -0.2) is 32.0 Å². The maximum Gasteiger partial charge on any atom is 0.269 e. The summed E-state index contributed by atoms with van der Waals surface area (Å²) < 4.78 is 11.6. The number of unbranched alkanes of at least 4 members (excludes halogenated alkanes) is 1. The molecule has 5 nitrogen and oxygen atoms in total. The van der Waals surface area contributed by atoms with Crippen LogP contribution in [-0.2, 0) is 16.6 Å². The van der Waals surface area contributed by atoms with Gasteiger partial charge in [0.1, 0.15) is 4.32 Å². The molecule has 1 aromatic rings. The van der Waals surface area contributed by atoms with Gasteiger partial charge in [-0.25, -0.2) is 0 Å². The first-order valence-corrected chi connectivity index (χ1v) is 9.55. The van der Waals surface area contributed by atoms with Crippen LogP contribution >= 0.6 is 24.0 Å². The van der Waals surface area contributed by atoms with Gasteiger partial charge in [-0.3, -0.25) is 14.3 Å². The molecule has 0 amide bonds. The molecule has 0 saturated carbocycles. The third-order valence-corrected chi connectivity index (χ3v) is 4.89. The zero-order valence-electron chi connectivity index (χ0n) is 11.7. The molecule has 1 atom stereocenters. The number of hydrogen-bond donors (Lipinski definition) is 1. The van der Waals surface area contributed by atoms with Gasteiger partial charge in [0.25, 0.3) is 5.69 Å². The van der Waals surface area contributed by atoms with Crippen LogP contribution in [0.1, 0.15) is 18.4 Å². The van der Waals surface area contributed by atoms with Crippen molar-refractivity contribution in [3.8, 4) is 0 Å². The molecule has 0 saturated heterocycles. The van der Waals surface area contributed by atoms with Crippen molar-refractivity contribution < 1.29 is 9.13 Å². The number of nitro benzene ring substituents is 1. The molecule has 1 rings (SSSR count). The van der Waals surface area contributed by atoms with Crippen LogP contribution in [0.25, 0.3) is 0 Å². The summed E-state index contributed by atoms with van der Waals surface area (Å²) in [5.74, 6) is 1.41. The molecule has 0 aromatic heterocycles. The summed E-state index contributed by atoms with van der Waals surface area (Å²) in [4.78, 5) is 10.1. The number of non-ortho nitro benzene ring substituents is 1. The Labute approximate surface area is 136 Å². The molecule has 0 aliphatic carbocycles. The van der Waals surface area contributed by atoms with Crippen molar-refractivity contribution in [2.45, 2.75) is 18.6 Å². The number of rotatable bonds is 8. The fourth-order valence-corrected chi connectivity index (χ4v) is 3.12. The number of thiocarbonyl (C=S) groups is 1. The fourth-order valence-electron chi connectivity index (χ4n) is 1.53. The molecular weight excluding hydrogens is 328 g/mol. The minimum Gasteiger partial charge on any atom is -0.371 e. The Morgan fingerprint density at radius 1 is 1.38 bits per heavy atom. The second-order valence-corrected chi connectivity index (χ2v) is 7.62. The third kappa shape index (κ3) is 8.13. The lowest BCUT2D eigenvalue weighted by Gasteiger charge is -2.07. The summed E-state index contributed by atoms with van der Waals surface area (Å²) in [7, 11) is -0.727. The van der Waals surface area contributed by atoms with Crippen molar-refractivity contribution in [1.82, 2.24) is 5.32 Å². The zero-order valence-corrected chi connectivity index (χ0v) is 14.2.